The molecule has 2 aromatic carbocycles. The summed E-state index contributed by atoms with van der Waals surface area (Å²) in [5.74, 6) is -0.569. The predicted molar refractivity (Wildman–Crippen MR) is 131 cm³/mol. The number of aryl methyl sites for hydroxylation is 1. The molecule has 4 heterocycles. The number of rotatable bonds is 4. The Morgan fingerprint density at radius 3 is 2.66 bits per heavy atom. The zero-order chi connectivity index (χ0) is 24.1. The smallest absolute Gasteiger partial charge is 0.164 e. The third-order valence-corrected chi connectivity index (χ3v) is 6.04. The maximum Gasteiger partial charge on any atom is 0.164 e. The average Bonchev–Trinajstić information content (AvgIpc) is 3.39. The number of hydrogen-bond acceptors (Lipinski definition) is 6. The first kappa shape index (κ1) is 20.8. The van der Waals surface area contributed by atoms with E-state index in [2.05, 4.69) is 23.0 Å². The molecule has 0 unspecified atom stereocenters. The van der Waals surface area contributed by atoms with E-state index in [9.17, 15) is 9.50 Å². The monoisotopic (exact) mass is 465 g/mol. The molecule has 0 saturated heterocycles. The molecule has 4 aromatic heterocycles. The van der Waals surface area contributed by atoms with Crippen LogP contribution in [0.25, 0.3) is 39.2 Å². The van der Waals surface area contributed by atoms with Crippen LogP contribution in [-0.2, 0) is 6.54 Å². The Labute approximate surface area is 199 Å². The number of imidazole rings is 1. The zero-order valence-electron chi connectivity index (χ0n) is 18.7. The van der Waals surface area contributed by atoms with Crippen LogP contribution in [0.15, 0.2) is 73.2 Å². The number of nitrogen functional groups attached to an aromatic ring is 1. The number of pyridine rings is 1. The molecule has 6 aromatic rings. The summed E-state index contributed by atoms with van der Waals surface area (Å²) in [5, 5.41) is 15.2. The molecule has 35 heavy (non-hydrogen) atoms. The molecule has 3 N–H and O–H groups in total. The highest BCUT2D eigenvalue weighted by Crippen LogP contribution is 2.34. The third-order valence-electron chi connectivity index (χ3n) is 6.04. The van der Waals surface area contributed by atoms with Crippen molar-refractivity contribution in [1.82, 2.24) is 29.1 Å². The number of phenols is 1. The van der Waals surface area contributed by atoms with Crippen LogP contribution in [0.4, 0.5) is 10.2 Å². The van der Waals surface area contributed by atoms with Crippen LogP contribution in [0, 0.1) is 12.7 Å². The van der Waals surface area contributed by atoms with Gasteiger partial charge >= 0.3 is 0 Å². The molecule has 0 saturated carbocycles. The Morgan fingerprint density at radius 1 is 1.00 bits per heavy atom. The van der Waals surface area contributed by atoms with Crippen LogP contribution in [0.1, 0.15) is 11.3 Å². The summed E-state index contributed by atoms with van der Waals surface area (Å²) in [5.41, 5.74) is 12.2. The zero-order valence-corrected chi connectivity index (χ0v) is 18.7. The van der Waals surface area contributed by atoms with Crippen LogP contribution in [-0.4, -0.2) is 34.2 Å². The van der Waals surface area contributed by atoms with Crippen LogP contribution < -0.4 is 5.73 Å². The van der Waals surface area contributed by atoms with Gasteiger partial charge in [0.15, 0.2) is 5.65 Å². The van der Waals surface area contributed by atoms with Gasteiger partial charge in [-0.1, -0.05) is 30.3 Å². The van der Waals surface area contributed by atoms with E-state index in [0.29, 0.717) is 28.8 Å². The molecule has 0 aliphatic rings. The fraction of sp³-hybridized carbons (Fsp3) is 0.0769. The Kier molecular flexibility index (Phi) is 4.70. The van der Waals surface area contributed by atoms with Crippen molar-refractivity contribution in [1.29, 1.82) is 0 Å². The molecule has 0 amide bonds. The number of phenolic OH excluding ortho intramolecular Hbond substituents is 1. The van der Waals surface area contributed by atoms with Crippen LogP contribution in [0.3, 0.4) is 0 Å². The minimum Gasteiger partial charge on any atom is -0.508 e. The second kappa shape index (κ2) is 7.91. The van der Waals surface area contributed by atoms with E-state index in [0.717, 1.165) is 34.2 Å². The van der Waals surface area contributed by atoms with Crippen molar-refractivity contribution in [2.24, 2.45) is 0 Å². The van der Waals surface area contributed by atoms with E-state index in [1.54, 1.807) is 4.68 Å². The lowest BCUT2D eigenvalue weighted by atomic mass is 10.0. The van der Waals surface area contributed by atoms with E-state index in [-0.39, 0.29) is 11.6 Å². The van der Waals surface area contributed by atoms with Gasteiger partial charge in [0.05, 0.1) is 23.3 Å². The largest absolute Gasteiger partial charge is 0.508 e. The van der Waals surface area contributed by atoms with Crippen molar-refractivity contribution in [3.63, 3.8) is 0 Å². The Bertz CT molecular complexity index is 1720. The fourth-order valence-corrected chi connectivity index (χ4v) is 4.45. The van der Waals surface area contributed by atoms with Crippen molar-refractivity contribution in [2.45, 2.75) is 13.5 Å². The first-order chi connectivity index (χ1) is 17.0. The molecule has 0 fully saturated rings. The number of nitrogens with zero attached hydrogens (tertiary/aromatic N) is 6. The Hall–Kier alpha value is -4.79. The van der Waals surface area contributed by atoms with Crippen LogP contribution in [0.2, 0.25) is 0 Å². The maximum absolute atomic E-state index is 14.1. The number of aromatic hydroxyl groups is 1. The van der Waals surface area contributed by atoms with Gasteiger partial charge in [0.25, 0.3) is 0 Å². The number of benzene rings is 2. The second-order valence-electron chi connectivity index (χ2n) is 8.31. The van der Waals surface area contributed by atoms with Gasteiger partial charge < -0.3 is 15.2 Å². The topological polar surface area (TPSA) is 107 Å². The summed E-state index contributed by atoms with van der Waals surface area (Å²) in [6.45, 7) is 2.37. The molecule has 0 bridgehead atoms. The van der Waals surface area contributed by atoms with Gasteiger partial charge in [-0.05, 0) is 36.8 Å². The number of nitrogens with two attached hydrogens (primary N) is 1. The molecular weight excluding hydrogens is 445 g/mol. The predicted octanol–water partition coefficient (Wildman–Crippen LogP) is 4.59. The molecular formula is C26H20FN7O. The summed E-state index contributed by atoms with van der Waals surface area (Å²) >= 11 is 0. The number of hydrogen-bond donors (Lipinski definition) is 2. The second-order valence-corrected chi connectivity index (χ2v) is 8.31. The number of fused-ring (bicyclic) bond motifs is 2. The minimum absolute atomic E-state index is 0.207. The molecule has 8 nitrogen and oxygen atoms in total. The molecule has 0 spiro atoms. The Balaban J connectivity index is 1.59. The van der Waals surface area contributed by atoms with E-state index >= 15 is 0 Å². The summed E-state index contributed by atoms with van der Waals surface area (Å²) in [6, 6.07) is 17.7. The summed E-state index contributed by atoms with van der Waals surface area (Å²) in [6.07, 6.45) is 3.33. The molecule has 6 rings (SSSR count). The molecule has 0 atom stereocenters. The number of halogens is 1. The van der Waals surface area contributed by atoms with E-state index in [1.165, 1.54) is 18.5 Å². The van der Waals surface area contributed by atoms with Crippen LogP contribution >= 0.6 is 0 Å². The molecule has 0 aliphatic carbocycles. The number of aromatic nitrogens is 6. The molecule has 0 radical (unpaired) electrons. The molecule has 0 aliphatic heterocycles. The highest BCUT2D eigenvalue weighted by Gasteiger charge is 2.22. The van der Waals surface area contributed by atoms with Gasteiger partial charge in [-0.15, -0.1) is 0 Å². The van der Waals surface area contributed by atoms with Gasteiger partial charge in [-0.2, -0.15) is 5.10 Å². The van der Waals surface area contributed by atoms with Gasteiger partial charge in [0.2, 0.25) is 0 Å². The van der Waals surface area contributed by atoms with Gasteiger partial charge in [-0.25, -0.2) is 24.0 Å². The quantitative estimate of drug-likeness (QED) is 0.394. The molecule has 9 heteroatoms. The van der Waals surface area contributed by atoms with Crippen molar-refractivity contribution in [2.75, 3.05) is 5.73 Å². The third kappa shape index (κ3) is 3.45. The van der Waals surface area contributed by atoms with Crippen molar-refractivity contribution < 1.29 is 9.50 Å². The van der Waals surface area contributed by atoms with Crippen LogP contribution in [0.5, 0.6) is 5.75 Å². The van der Waals surface area contributed by atoms with Gasteiger partial charge in [-0.3, -0.25) is 0 Å². The normalized spacial score (nSPS) is 11.5. The SMILES string of the molecule is Cc1ccccc1-c1nc2ccccn2c1Cn1nc(-c2cc(O)cc(F)c2)c2c(N)ncnc21. The van der Waals surface area contributed by atoms with Crippen molar-refractivity contribution in [3.8, 4) is 28.3 Å². The standard InChI is InChI=1S/C26H20FN7O/c1-15-6-2-3-7-19(15)24-20(33-9-5-4-8-21(33)31-24)13-34-26-22(25(28)29-14-30-26)23(32-34)16-10-17(27)12-18(35)11-16/h2-12,14,35H,13H2,1H3,(H2,28,29,30). The average molecular weight is 465 g/mol. The molecule has 172 valence electrons. The van der Waals surface area contributed by atoms with E-state index < -0.39 is 5.82 Å². The lowest BCUT2D eigenvalue weighted by Crippen LogP contribution is -2.07. The lowest BCUT2D eigenvalue weighted by molar-refractivity contribution is 0.469. The summed E-state index contributed by atoms with van der Waals surface area (Å²) in [4.78, 5) is 13.5. The first-order valence-corrected chi connectivity index (χ1v) is 11.0. The summed E-state index contributed by atoms with van der Waals surface area (Å²) < 4.78 is 17.8. The van der Waals surface area contributed by atoms with Crippen molar-refractivity contribution >= 4 is 22.5 Å². The van der Waals surface area contributed by atoms with Crippen molar-refractivity contribution in [3.05, 3.63) is 90.3 Å². The fourth-order valence-electron chi connectivity index (χ4n) is 4.45. The lowest BCUT2D eigenvalue weighted by Gasteiger charge is -2.08. The Morgan fingerprint density at radius 2 is 1.83 bits per heavy atom. The van der Waals surface area contributed by atoms with E-state index in [1.807, 2.05) is 47.0 Å². The summed E-state index contributed by atoms with van der Waals surface area (Å²) in [7, 11) is 0. The van der Waals surface area contributed by atoms with E-state index in [4.69, 9.17) is 15.8 Å². The first-order valence-electron chi connectivity index (χ1n) is 11.0. The number of anilines is 1. The van der Waals surface area contributed by atoms with Gasteiger partial charge in [0, 0.05) is 23.4 Å². The highest BCUT2D eigenvalue weighted by molar-refractivity contribution is 5.98. The maximum atomic E-state index is 14.1. The minimum atomic E-state index is -0.582. The van der Waals surface area contributed by atoms with Gasteiger partial charge in [0.1, 0.15) is 35.1 Å². The highest BCUT2D eigenvalue weighted by atomic mass is 19.1.